The minimum absolute atomic E-state index is 0.121. The lowest BCUT2D eigenvalue weighted by Gasteiger charge is -2.22. The average Bonchev–Trinajstić information content (AvgIpc) is 3.24. The van der Waals surface area contributed by atoms with E-state index in [1.807, 2.05) is 68.7 Å². The van der Waals surface area contributed by atoms with Crippen LogP contribution in [0.25, 0.3) is 21.0 Å². The molecule has 4 aromatic rings. The van der Waals surface area contributed by atoms with Gasteiger partial charge in [0.2, 0.25) is 0 Å². The number of nitrogens with zero attached hydrogens (tertiary/aromatic N) is 3. The lowest BCUT2D eigenvalue weighted by atomic mass is 10.0. The van der Waals surface area contributed by atoms with Gasteiger partial charge >= 0.3 is 0 Å². The first kappa shape index (κ1) is 22.0. The molecule has 3 aromatic carbocycles. The van der Waals surface area contributed by atoms with Crippen LogP contribution in [0.2, 0.25) is 0 Å². The lowest BCUT2D eigenvalue weighted by molar-refractivity contribution is 0.0983. The fourth-order valence-corrected chi connectivity index (χ4v) is 4.73. The number of thiazole rings is 1. The number of carbonyl (C=O) groups excluding carboxylic acids is 1. The SMILES string of the molecule is COc1cc2ccccc2cc1C(=O)N(CCCN(C)C)c1nc2c(OC)cccc2s1. The van der Waals surface area contributed by atoms with E-state index in [0.29, 0.717) is 28.7 Å². The third-order valence-corrected chi connectivity index (χ3v) is 6.40. The first-order chi connectivity index (χ1) is 15.5. The van der Waals surface area contributed by atoms with Crippen molar-refractivity contribution in [2.45, 2.75) is 6.42 Å². The number of ether oxygens (including phenoxy) is 2. The Labute approximate surface area is 192 Å². The molecule has 32 heavy (non-hydrogen) atoms. The number of benzene rings is 3. The molecule has 0 saturated heterocycles. The van der Waals surface area contributed by atoms with Crippen molar-refractivity contribution in [3.8, 4) is 11.5 Å². The molecule has 0 atom stereocenters. The highest BCUT2D eigenvalue weighted by atomic mass is 32.1. The van der Waals surface area contributed by atoms with Gasteiger partial charge in [-0.2, -0.15) is 0 Å². The molecule has 0 aliphatic rings. The number of methoxy groups -OCH3 is 2. The molecule has 166 valence electrons. The van der Waals surface area contributed by atoms with Crippen LogP contribution in [0.5, 0.6) is 11.5 Å². The molecule has 1 aromatic heterocycles. The molecule has 4 rings (SSSR count). The Morgan fingerprint density at radius 1 is 0.938 bits per heavy atom. The monoisotopic (exact) mass is 449 g/mol. The second kappa shape index (κ2) is 9.54. The Morgan fingerprint density at radius 3 is 2.34 bits per heavy atom. The van der Waals surface area contributed by atoms with Gasteiger partial charge in [-0.25, -0.2) is 4.98 Å². The van der Waals surface area contributed by atoms with E-state index in [0.717, 1.165) is 34.0 Å². The van der Waals surface area contributed by atoms with E-state index in [1.165, 1.54) is 11.3 Å². The normalized spacial score (nSPS) is 11.3. The minimum Gasteiger partial charge on any atom is -0.496 e. The molecule has 7 heteroatoms. The number of aromatic nitrogens is 1. The van der Waals surface area contributed by atoms with Gasteiger partial charge in [0.25, 0.3) is 5.91 Å². The van der Waals surface area contributed by atoms with Crippen molar-refractivity contribution in [1.82, 2.24) is 9.88 Å². The molecular formula is C25H27N3O3S. The van der Waals surface area contributed by atoms with Crippen LogP contribution in [0.15, 0.2) is 54.6 Å². The summed E-state index contributed by atoms with van der Waals surface area (Å²) in [7, 11) is 7.29. The number of rotatable bonds is 8. The Kier molecular flexibility index (Phi) is 6.58. The second-order valence-electron chi connectivity index (χ2n) is 7.82. The smallest absolute Gasteiger partial charge is 0.263 e. The Hall–Kier alpha value is -3.16. The van der Waals surface area contributed by atoms with Gasteiger partial charge in [0.15, 0.2) is 5.13 Å². The fraction of sp³-hybridized carbons (Fsp3) is 0.280. The lowest BCUT2D eigenvalue weighted by Crippen LogP contribution is -2.33. The second-order valence-corrected chi connectivity index (χ2v) is 8.83. The van der Waals surface area contributed by atoms with E-state index in [1.54, 1.807) is 19.1 Å². The molecular weight excluding hydrogens is 422 g/mol. The third kappa shape index (κ3) is 4.40. The van der Waals surface area contributed by atoms with Crippen LogP contribution in [0.4, 0.5) is 5.13 Å². The first-order valence-electron chi connectivity index (χ1n) is 10.5. The molecule has 6 nitrogen and oxygen atoms in total. The summed E-state index contributed by atoms with van der Waals surface area (Å²) in [6, 6.07) is 17.6. The zero-order chi connectivity index (χ0) is 22.7. The van der Waals surface area contributed by atoms with Gasteiger partial charge in [-0.15, -0.1) is 0 Å². The van der Waals surface area contributed by atoms with E-state index < -0.39 is 0 Å². The van der Waals surface area contributed by atoms with Gasteiger partial charge in [-0.3, -0.25) is 9.69 Å². The van der Waals surface area contributed by atoms with Crippen molar-refractivity contribution >= 4 is 43.4 Å². The van der Waals surface area contributed by atoms with Crippen molar-refractivity contribution in [1.29, 1.82) is 0 Å². The number of hydrogen-bond acceptors (Lipinski definition) is 6. The minimum atomic E-state index is -0.121. The van der Waals surface area contributed by atoms with E-state index in [9.17, 15) is 4.79 Å². The van der Waals surface area contributed by atoms with Gasteiger partial charge in [0.1, 0.15) is 17.0 Å². The fourth-order valence-electron chi connectivity index (χ4n) is 3.72. The molecule has 0 aliphatic carbocycles. The number of para-hydroxylation sites is 1. The van der Waals surface area contributed by atoms with E-state index >= 15 is 0 Å². The number of hydrogen-bond donors (Lipinski definition) is 0. The van der Waals surface area contributed by atoms with E-state index in [-0.39, 0.29) is 5.91 Å². The molecule has 0 spiro atoms. The van der Waals surface area contributed by atoms with Crippen molar-refractivity contribution in [2.75, 3.05) is 46.3 Å². The van der Waals surface area contributed by atoms with Crippen molar-refractivity contribution in [3.05, 3.63) is 60.2 Å². The highest BCUT2D eigenvalue weighted by Gasteiger charge is 2.25. The average molecular weight is 450 g/mol. The zero-order valence-electron chi connectivity index (χ0n) is 18.8. The van der Waals surface area contributed by atoms with Gasteiger partial charge in [-0.1, -0.05) is 41.7 Å². The topological polar surface area (TPSA) is 54.9 Å². The first-order valence-corrected chi connectivity index (χ1v) is 11.3. The zero-order valence-corrected chi connectivity index (χ0v) is 19.6. The molecule has 0 unspecified atom stereocenters. The van der Waals surface area contributed by atoms with Gasteiger partial charge in [0, 0.05) is 6.54 Å². The van der Waals surface area contributed by atoms with Gasteiger partial charge in [-0.05, 0) is 62.1 Å². The number of fused-ring (bicyclic) bond motifs is 2. The summed E-state index contributed by atoms with van der Waals surface area (Å²) in [4.78, 5) is 22.5. The number of anilines is 1. The molecule has 0 aliphatic heterocycles. The summed E-state index contributed by atoms with van der Waals surface area (Å²) < 4.78 is 12.1. The summed E-state index contributed by atoms with van der Waals surface area (Å²) in [6.45, 7) is 1.42. The Balaban J connectivity index is 1.78. The predicted octanol–water partition coefficient (Wildman–Crippen LogP) is 5.07. The Morgan fingerprint density at radius 2 is 1.66 bits per heavy atom. The number of amides is 1. The highest BCUT2D eigenvalue weighted by Crippen LogP contribution is 2.36. The molecule has 0 N–H and O–H groups in total. The molecule has 1 amide bonds. The summed E-state index contributed by atoms with van der Waals surface area (Å²) in [5, 5.41) is 2.68. The van der Waals surface area contributed by atoms with Crippen molar-refractivity contribution in [2.24, 2.45) is 0 Å². The maximum absolute atomic E-state index is 13.8. The number of carbonyl (C=O) groups is 1. The molecule has 0 fully saturated rings. The highest BCUT2D eigenvalue weighted by molar-refractivity contribution is 7.22. The van der Waals surface area contributed by atoms with Crippen molar-refractivity contribution < 1.29 is 14.3 Å². The van der Waals surface area contributed by atoms with Crippen LogP contribution in [-0.4, -0.2) is 57.2 Å². The van der Waals surface area contributed by atoms with E-state index in [4.69, 9.17) is 14.5 Å². The van der Waals surface area contributed by atoms with Crippen LogP contribution in [0, 0.1) is 0 Å². The van der Waals surface area contributed by atoms with Crippen LogP contribution >= 0.6 is 11.3 Å². The maximum Gasteiger partial charge on any atom is 0.263 e. The quantitative estimate of drug-likeness (QED) is 0.376. The summed E-state index contributed by atoms with van der Waals surface area (Å²) in [6.07, 6.45) is 0.821. The Bertz CT molecular complexity index is 1250. The summed E-state index contributed by atoms with van der Waals surface area (Å²) in [5.41, 5.74) is 1.30. The molecule has 0 radical (unpaired) electrons. The van der Waals surface area contributed by atoms with Crippen LogP contribution in [0.3, 0.4) is 0 Å². The summed E-state index contributed by atoms with van der Waals surface area (Å²) in [5.74, 6) is 1.14. The van der Waals surface area contributed by atoms with Gasteiger partial charge in [0.05, 0.1) is 24.5 Å². The van der Waals surface area contributed by atoms with Crippen LogP contribution in [0.1, 0.15) is 16.8 Å². The molecule has 0 bridgehead atoms. The molecule has 0 saturated carbocycles. The summed E-state index contributed by atoms with van der Waals surface area (Å²) >= 11 is 1.49. The maximum atomic E-state index is 13.8. The van der Waals surface area contributed by atoms with E-state index in [2.05, 4.69) is 4.90 Å². The standard InChI is InChI=1S/C25H27N3O3S/c1-27(2)13-8-14-28(25-26-23-20(30-3)11-7-12-22(23)32-25)24(29)19-15-17-9-5-6-10-18(17)16-21(19)31-4/h5-7,9-12,15-16H,8,13-14H2,1-4H3. The van der Waals surface area contributed by atoms with Crippen LogP contribution in [-0.2, 0) is 0 Å². The van der Waals surface area contributed by atoms with Gasteiger partial charge < -0.3 is 14.4 Å². The predicted molar refractivity (Wildman–Crippen MR) is 132 cm³/mol. The third-order valence-electron chi connectivity index (χ3n) is 5.35. The van der Waals surface area contributed by atoms with Crippen LogP contribution < -0.4 is 14.4 Å². The largest absolute Gasteiger partial charge is 0.496 e. The van der Waals surface area contributed by atoms with Crippen molar-refractivity contribution in [3.63, 3.8) is 0 Å². The molecule has 1 heterocycles.